The minimum absolute atomic E-state index is 0.167. The van der Waals surface area contributed by atoms with E-state index in [2.05, 4.69) is 9.97 Å². The molecule has 4 nitrogen and oxygen atoms in total. The fraction of sp³-hybridized carbons (Fsp3) is 0.417. The van der Waals surface area contributed by atoms with E-state index in [1.54, 1.807) is 25.6 Å². The Hall–Kier alpha value is -1.71. The molecule has 0 aromatic carbocycles. The normalized spacial score (nSPS) is 16.6. The van der Waals surface area contributed by atoms with Crippen LogP contribution < -0.4 is 4.74 Å². The lowest BCUT2D eigenvalue weighted by atomic mass is 10.1. The first-order valence-electron chi connectivity index (χ1n) is 5.40. The first kappa shape index (κ1) is 10.8. The van der Waals surface area contributed by atoms with Crippen molar-refractivity contribution < 1.29 is 9.53 Å². The van der Waals surface area contributed by atoms with Gasteiger partial charge in [0.05, 0.1) is 7.11 Å². The monoisotopic (exact) mass is 218 g/mol. The van der Waals surface area contributed by atoms with E-state index in [0.717, 1.165) is 24.8 Å². The Bertz CT molecular complexity index is 427. The van der Waals surface area contributed by atoms with Gasteiger partial charge in [-0.15, -0.1) is 0 Å². The third-order valence-electron chi connectivity index (χ3n) is 2.62. The smallest absolute Gasteiger partial charge is 0.239 e. The van der Waals surface area contributed by atoms with Crippen molar-refractivity contribution in [3.63, 3.8) is 0 Å². The molecule has 0 N–H and O–H groups in total. The number of allylic oxidation sites excluding steroid dienone is 2. The van der Waals surface area contributed by atoms with Crippen LogP contribution in [0, 0.1) is 0 Å². The molecule has 0 amide bonds. The highest BCUT2D eigenvalue weighted by Gasteiger charge is 2.15. The molecule has 0 spiro atoms. The topological polar surface area (TPSA) is 52.1 Å². The van der Waals surface area contributed by atoms with Crippen LogP contribution in [0.4, 0.5) is 0 Å². The second-order valence-electron chi connectivity index (χ2n) is 3.76. The predicted octanol–water partition coefficient (Wildman–Crippen LogP) is 2.01. The lowest BCUT2D eigenvalue weighted by Crippen LogP contribution is -1.98. The van der Waals surface area contributed by atoms with E-state index in [-0.39, 0.29) is 5.78 Å². The summed E-state index contributed by atoms with van der Waals surface area (Å²) in [5.74, 6) is 0.656. The summed E-state index contributed by atoms with van der Waals surface area (Å²) in [6, 6.07) is 0. The van der Waals surface area contributed by atoms with Crippen LogP contribution in [0.25, 0.3) is 5.57 Å². The van der Waals surface area contributed by atoms with Crippen molar-refractivity contribution in [2.75, 3.05) is 7.11 Å². The van der Waals surface area contributed by atoms with Crippen LogP contribution in [0.15, 0.2) is 18.5 Å². The maximum Gasteiger partial charge on any atom is 0.239 e. The fourth-order valence-electron chi connectivity index (χ4n) is 1.84. The number of aromatic nitrogens is 2. The maximum atomic E-state index is 11.5. The van der Waals surface area contributed by atoms with E-state index >= 15 is 0 Å². The van der Waals surface area contributed by atoms with Crippen molar-refractivity contribution in [3.05, 3.63) is 24.2 Å². The number of methoxy groups -OCH3 is 1. The van der Waals surface area contributed by atoms with Gasteiger partial charge in [0.2, 0.25) is 5.88 Å². The number of carbonyl (C=O) groups excluding carboxylic acids is 1. The van der Waals surface area contributed by atoms with Gasteiger partial charge in [-0.2, -0.15) is 0 Å². The predicted molar refractivity (Wildman–Crippen MR) is 60.0 cm³/mol. The minimum Gasteiger partial charge on any atom is -0.479 e. The van der Waals surface area contributed by atoms with Crippen molar-refractivity contribution in [1.82, 2.24) is 9.97 Å². The zero-order valence-electron chi connectivity index (χ0n) is 9.27. The van der Waals surface area contributed by atoms with Gasteiger partial charge in [0.15, 0.2) is 5.78 Å². The van der Waals surface area contributed by atoms with E-state index in [4.69, 9.17) is 4.74 Å². The Morgan fingerprint density at radius 2 is 1.94 bits per heavy atom. The number of nitrogens with zero attached hydrogens (tertiary/aromatic N) is 2. The Labute approximate surface area is 94.4 Å². The number of hydrogen-bond acceptors (Lipinski definition) is 4. The summed E-state index contributed by atoms with van der Waals surface area (Å²) in [6.45, 7) is 0. The summed E-state index contributed by atoms with van der Waals surface area (Å²) in [5, 5.41) is 0. The summed E-state index contributed by atoms with van der Waals surface area (Å²) in [7, 11) is 1.56. The largest absolute Gasteiger partial charge is 0.479 e. The molecule has 1 aliphatic rings. The molecule has 1 aromatic heterocycles. The SMILES string of the molecule is COc1nccnc1C1=CC(=O)CCCC1. The van der Waals surface area contributed by atoms with Crippen LogP contribution in [0.5, 0.6) is 5.88 Å². The van der Waals surface area contributed by atoms with Crippen LogP contribution in [0.3, 0.4) is 0 Å². The highest BCUT2D eigenvalue weighted by molar-refractivity contribution is 5.97. The van der Waals surface area contributed by atoms with E-state index in [1.807, 2.05) is 0 Å². The molecule has 4 heteroatoms. The molecule has 2 rings (SSSR count). The molecule has 0 unspecified atom stereocenters. The van der Waals surface area contributed by atoms with Crippen molar-refractivity contribution >= 4 is 11.4 Å². The van der Waals surface area contributed by atoms with Gasteiger partial charge in [-0.25, -0.2) is 9.97 Å². The minimum atomic E-state index is 0.167. The molecule has 0 saturated heterocycles. The summed E-state index contributed by atoms with van der Waals surface area (Å²) in [4.78, 5) is 19.8. The van der Waals surface area contributed by atoms with Gasteiger partial charge in [0.25, 0.3) is 0 Å². The third kappa shape index (κ3) is 2.27. The molecule has 0 radical (unpaired) electrons. The van der Waals surface area contributed by atoms with Crippen molar-refractivity contribution in [2.45, 2.75) is 25.7 Å². The van der Waals surface area contributed by atoms with Crippen LogP contribution in [-0.2, 0) is 4.79 Å². The highest BCUT2D eigenvalue weighted by atomic mass is 16.5. The van der Waals surface area contributed by atoms with Crippen molar-refractivity contribution in [1.29, 1.82) is 0 Å². The number of ketones is 1. The Balaban J connectivity index is 2.38. The zero-order valence-corrected chi connectivity index (χ0v) is 9.27. The number of hydrogen-bond donors (Lipinski definition) is 0. The second kappa shape index (κ2) is 4.88. The van der Waals surface area contributed by atoms with E-state index < -0.39 is 0 Å². The molecule has 0 atom stereocenters. The van der Waals surface area contributed by atoms with Crippen LogP contribution in [0.2, 0.25) is 0 Å². The molecule has 1 heterocycles. The third-order valence-corrected chi connectivity index (χ3v) is 2.62. The first-order chi connectivity index (χ1) is 7.81. The van der Waals surface area contributed by atoms with Crippen LogP contribution >= 0.6 is 0 Å². The molecule has 1 aliphatic carbocycles. The molecule has 0 fully saturated rings. The van der Waals surface area contributed by atoms with Gasteiger partial charge >= 0.3 is 0 Å². The average molecular weight is 218 g/mol. The molecule has 0 bridgehead atoms. The van der Waals surface area contributed by atoms with Gasteiger partial charge in [-0.1, -0.05) is 0 Å². The molecular formula is C12H14N2O2. The molecule has 0 saturated carbocycles. The summed E-state index contributed by atoms with van der Waals surface area (Å²) in [5.41, 5.74) is 1.63. The van der Waals surface area contributed by atoms with Gasteiger partial charge in [-0.3, -0.25) is 4.79 Å². The van der Waals surface area contributed by atoms with Crippen LogP contribution in [-0.4, -0.2) is 22.9 Å². The fourth-order valence-corrected chi connectivity index (χ4v) is 1.84. The Morgan fingerprint density at radius 3 is 2.75 bits per heavy atom. The van der Waals surface area contributed by atoms with Gasteiger partial charge in [-0.05, 0) is 30.9 Å². The molecule has 0 aliphatic heterocycles. The molecule has 1 aromatic rings. The maximum absolute atomic E-state index is 11.5. The number of rotatable bonds is 2. The zero-order chi connectivity index (χ0) is 11.4. The molecule has 84 valence electrons. The lowest BCUT2D eigenvalue weighted by Gasteiger charge is -2.07. The highest BCUT2D eigenvalue weighted by Crippen LogP contribution is 2.27. The standard InChI is InChI=1S/C12H14N2O2/c1-16-12-11(13-6-7-14-12)9-4-2-3-5-10(15)8-9/h6-8H,2-5H2,1H3. The first-order valence-corrected chi connectivity index (χ1v) is 5.40. The van der Waals surface area contributed by atoms with Crippen molar-refractivity contribution in [3.8, 4) is 5.88 Å². The average Bonchev–Trinajstić information content (AvgIpc) is 2.54. The second-order valence-corrected chi connectivity index (χ2v) is 3.76. The Morgan fingerprint density at radius 1 is 1.19 bits per heavy atom. The van der Waals surface area contributed by atoms with Gasteiger partial charge in [0, 0.05) is 18.8 Å². The summed E-state index contributed by atoms with van der Waals surface area (Å²) >= 11 is 0. The summed E-state index contributed by atoms with van der Waals surface area (Å²) < 4.78 is 5.15. The van der Waals surface area contributed by atoms with E-state index in [9.17, 15) is 4.79 Å². The van der Waals surface area contributed by atoms with E-state index in [0.29, 0.717) is 18.0 Å². The number of ether oxygens (including phenoxy) is 1. The quantitative estimate of drug-likeness (QED) is 0.762. The van der Waals surface area contributed by atoms with Crippen molar-refractivity contribution in [2.24, 2.45) is 0 Å². The van der Waals surface area contributed by atoms with Gasteiger partial charge in [0.1, 0.15) is 5.69 Å². The van der Waals surface area contributed by atoms with E-state index in [1.165, 1.54) is 0 Å². The number of carbonyl (C=O) groups is 1. The molecular weight excluding hydrogens is 204 g/mol. The summed E-state index contributed by atoms with van der Waals surface area (Å²) in [6.07, 6.45) is 8.33. The Kier molecular flexibility index (Phi) is 3.29. The lowest BCUT2D eigenvalue weighted by molar-refractivity contribution is -0.114. The molecule has 16 heavy (non-hydrogen) atoms. The van der Waals surface area contributed by atoms with Gasteiger partial charge < -0.3 is 4.74 Å². The van der Waals surface area contributed by atoms with Crippen LogP contribution in [0.1, 0.15) is 31.4 Å².